The van der Waals surface area contributed by atoms with Crippen molar-refractivity contribution in [2.24, 2.45) is 0 Å². The van der Waals surface area contributed by atoms with Crippen molar-refractivity contribution in [3.8, 4) is 11.8 Å². The Labute approximate surface area is 81.9 Å². The van der Waals surface area contributed by atoms with Crippen LogP contribution in [0.5, 0.6) is 0 Å². The van der Waals surface area contributed by atoms with Gasteiger partial charge in [0.2, 0.25) is 0 Å². The van der Waals surface area contributed by atoms with Gasteiger partial charge in [0.1, 0.15) is 5.60 Å². The Morgan fingerprint density at radius 3 is 2.23 bits per heavy atom. The van der Waals surface area contributed by atoms with E-state index in [9.17, 15) is 5.11 Å². The molecular formula is C12H20O. The summed E-state index contributed by atoms with van der Waals surface area (Å²) in [6.07, 6.45) is 2.24. The fourth-order valence-electron chi connectivity index (χ4n) is 0.916. The maximum absolute atomic E-state index is 9.38. The third-order valence-electron chi connectivity index (χ3n) is 1.82. The molecule has 74 valence electrons. The maximum atomic E-state index is 9.38. The number of aliphatic hydroxyl groups is 1. The van der Waals surface area contributed by atoms with Gasteiger partial charge in [0.25, 0.3) is 0 Å². The normalized spacial score (nSPS) is 13.1. The Morgan fingerprint density at radius 1 is 1.31 bits per heavy atom. The summed E-state index contributed by atoms with van der Waals surface area (Å²) >= 11 is 0. The fourth-order valence-corrected chi connectivity index (χ4v) is 0.916. The summed E-state index contributed by atoms with van der Waals surface area (Å²) < 4.78 is 0. The van der Waals surface area contributed by atoms with Crippen molar-refractivity contribution in [2.75, 3.05) is 0 Å². The predicted octanol–water partition coefficient (Wildman–Crippen LogP) is 2.90. The molecule has 0 heterocycles. The largest absolute Gasteiger partial charge is 0.378 e. The maximum Gasteiger partial charge on any atom is 0.120 e. The van der Waals surface area contributed by atoms with Crippen LogP contribution >= 0.6 is 0 Å². The van der Waals surface area contributed by atoms with E-state index in [-0.39, 0.29) is 0 Å². The van der Waals surface area contributed by atoms with Crippen LogP contribution in [0.4, 0.5) is 0 Å². The van der Waals surface area contributed by atoms with Crippen LogP contribution < -0.4 is 0 Å². The van der Waals surface area contributed by atoms with Crippen molar-refractivity contribution in [3.05, 3.63) is 11.1 Å². The van der Waals surface area contributed by atoms with Crippen molar-refractivity contribution in [2.45, 2.75) is 53.1 Å². The van der Waals surface area contributed by atoms with E-state index in [1.165, 1.54) is 5.57 Å². The minimum absolute atomic E-state index is 0.881. The molecule has 1 nitrogen and oxygen atoms in total. The van der Waals surface area contributed by atoms with Crippen molar-refractivity contribution in [1.82, 2.24) is 0 Å². The summed E-state index contributed by atoms with van der Waals surface area (Å²) in [7, 11) is 0. The van der Waals surface area contributed by atoms with Gasteiger partial charge in [-0.3, -0.25) is 0 Å². The van der Waals surface area contributed by atoms with E-state index in [2.05, 4.69) is 25.7 Å². The highest BCUT2D eigenvalue weighted by Crippen LogP contribution is 2.09. The molecular weight excluding hydrogens is 160 g/mol. The first-order valence-electron chi connectivity index (χ1n) is 4.78. The second-order valence-corrected chi connectivity index (χ2v) is 3.96. The first-order valence-corrected chi connectivity index (χ1v) is 4.78. The number of rotatable bonds is 2. The number of hydrogen-bond donors (Lipinski definition) is 1. The molecule has 13 heavy (non-hydrogen) atoms. The Kier molecular flexibility index (Phi) is 4.80. The number of hydrogen-bond acceptors (Lipinski definition) is 1. The lowest BCUT2D eigenvalue weighted by Crippen LogP contribution is -2.14. The molecule has 0 saturated carbocycles. The van der Waals surface area contributed by atoms with Gasteiger partial charge in [-0.05, 0) is 39.7 Å². The SMILES string of the molecule is CCCC(C)=C(C)C#CC(C)(C)O. The second-order valence-electron chi connectivity index (χ2n) is 3.96. The zero-order chi connectivity index (χ0) is 10.5. The monoisotopic (exact) mass is 180 g/mol. The number of allylic oxidation sites excluding steroid dienone is 2. The van der Waals surface area contributed by atoms with Gasteiger partial charge in [-0.2, -0.15) is 0 Å². The molecule has 0 aliphatic heterocycles. The lowest BCUT2D eigenvalue weighted by molar-refractivity contribution is 0.143. The highest BCUT2D eigenvalue weighted by atomic mass is 16.3. The van der Waals surface area contributed by atoms with Crippen LogP contribution in [-0.2, 0) is 0 Å². The molecule has 0 aromatic rings. The van der Waals surface area contributed by atoms with Crippen LogP contribution in [0.2, 0.25) is 0 Å². The minimum atomic E-state index is -0.881. The minimum Gasteiger partial charge on any atom is -0.378 e. The van der Waals surface area contributed by atoms with E-state index < -0.39 is 5.60 Å². The molecule has 1 N–H and O–H groups in total. The molecule has 1 heteroatoms. The van der Waals surface area contributed by atoms with Crippen molar-refractivity contribution < 1.29 is 5.11 Å². The van der Waals surface area contributed by atoms with Gasteiger partial charge in [0, 0.05) is 0 Å². The zero-order valence-corrected chi connectivity index (χ0v) is 9.36. The molecule has 0 radical (unpaired) electrons. The summed E-state index contributed by atoms with van der Waals surface area (Å²) in [6.45, 7) is 9.65. The molecule has 0 aromatic heterocycles. The smallest absolute Gasteiger partial charge is 0.120 e. The van der Waals surface area contributed by atoms with Gasteiger partial charge in [-0.15, -0.1) is 0 Å². The van der Waals surface area contributed by atoms with Crippen molar-refractivity contribution >= 4 is 0 Å². The highest BCUT2D eigenvalue weighted by molar-refractivity contribution is 5.33. The van der Waals surface area contributed by atoms with E-state index >= 15 is 0 Å². The van der Waals surface area contributed by atoms with Crippen LogP contribution in [0.1, 0.15) is 47.5 Å². The van der Waals surface area contributed by atoms with Crippen LogP contribution in [0.3, 0.4) is 0 Å². The van der Waals surface area contributed by atoms with E-state index in [4.69, 9.17) is 0 Å². The third kappa shape index (κ3) is 6.42. The Morgan fingerprint density at radius 2 is 1.85 bits per heavy atom. The first-order chi connectivity index (χ1) is 5.87. The Bertz CT molecular complexity index is 243. The summed E-state index contributed by atoms with van der Waals surface area (Å²) in [6, 6.07) is 0. The molecule has 0 spiro atoms. The molecule has 0 atom stereocenters. The molecule has 0 aromatic carbocycles. The molecule has 0 amide bonds. The molecule has 0 aliphatic rings. The zero-order valence-electron chi connectivity index (χ0n) is 9.36. The lowest BCUT2D eigenvalue weighted by Gasteiger charge is -2.06. The van der Waals surface area contributed by atoms with Gasteiger partial charge in [0.05, 0.1) is 0 Å². The fraction of sp³-hybridized carbons (Fsp3) is 0.667. The summed E-state index contributed by atoms with van der Waals surface area (Å²) in [5.41, 5.74) is 1.52. The predicted molar refractivity (Wildman–Crippen MR) is 57.4 cm³/mol. The lowest BCUT2D eigenvalue weighted by atomic mass is 10.1. The topological polar surface area (TPSA) is 20.2 Å². The van der Waals surface area contributed by atoms with Gasteiger partial charge in [0.15, 0.2) is 0 Å². The van der Waals surface area contributed by atoms with Crippen molar-refractivity contribution in [1.29, 1.82) is 0 Å². The highest BCUT2D eigenvalue weighted by Gasteiger charge is 2.05. The Hall–Kier alpha value is -0.740. The quantitative estimate of drug-likeness (QED) is 0.648. The van der Waals surface area contributed by atoms with Crippen LogP contribution in [0.25, 0.3) is 0 Å². The van der Waals surface area contributed by atoms with Crippen LogP contribution in [0.15, 0.2) is 11.1 Å². The van der Waals surface area contributed by atoms with Gasteiger partial charge < -0.3 is 5.11 Å². The molecule has 0 saturated heterocycles. The first kappa shape index (κ1) is 12.3. The molecule has 0 fully saturated rings. The average molecular weight is 180 g/mol. The Balaban J connectivity index is 4.50. The molecule has 0 aliphatic carbocycles. The molecule has 0 unspecified atom stereocenters. The van der Waals surface area contributed by atoms with E-state index in [0.717, 1.165) is 18.4 Å². The summed E-state index contributed by atoms with van der Waals surface area (Å²) in [5.74, 6) is 5.80. The molecule has 0 rings (SSSR count). The summed E-state index contributed by atoms with van der Waals surface area (Å²) in [4.78, 5) is 0. The molecule has 0 bridgehead atoms. The van der Waals surface area contributed by atoms with E-state index in [1.54, 1.807) is 13.8 Å². The average Bonchev–Trinajstić information content (AvgIpc) is 1.99. The van der Waals surface area contributed by atoms with E-state index in [1.807, 2.05) is 6.92 Å². The second kappa shape index (κ2) is 5.09. The summed E-state index contributed by atoms with van der Waals surface area (Å²) in [5, 5.41) is 9.38. The van der Waals surface area contributed by atoms with Crippen LogP contribution in [0, 0.1) is 11.8 Å². The van der Waals surface area contributed by atoms with Crippen LogP contribution in [-0.4, -0.2) is 10.7 Å². The van der Waals surface area contributed by atoms with Gasteiger partial charge in [-0.25, -0.2) is 0 Å². The third-order valence-corrected chi connectivity index (χ3v) is 1.82. The van der Waals surface area contributed by atoms with Gasteiger partial charge in [-0.1, -0.05) is 30.8 Å². The van der Waals surface area contributed by atoms with Gasteiger partial charge >= 0.3 is 0 Å². The standard InChI is InChI=1S/C12H20O/c1-6-7-10(2)11(3)8-9-12(4,5)13/h13H,6-7H2,1-5H3. The van der Waals surface area contributed by atoms with Crippen molar-refractivity contribution in [3.63, 3.8) is 0 Å². The van der Waals surface area contributed by atoms with E-state index in [0.29, 0.717) is 0 Å².